The second-order valence-corrected chi connectivity index (χ2v) is 9.23. The zero-order valence-corrected chi connectivity index (χ0v) is 16.7. The van der Waals surface area contributed by atoms with E-state index in [4.69, 9.17) is 4.74 Å². The molecule has 0 bridgehead atoms. The minimum Gasteiger partial charge on any atom is -0.492 e. The highest BCUT2D eigenvalue weighted by Crippen LogP contribution is 2.33. The monoisotopic (exact) mass is 408 g/mol. The van der Waals surface area contributed by atoms with Crippen LogP contribution in [0.4, 0.5) is 5.69 Å². The number of fused-ring (bicyclic) bond motifs is 4. The molecule has 6 nitrogen and oxygen atoms in total. The van der Waals surface area contributed by atoms with Crippen LogP contribution in [0.1, 0.15) is 11.1 Å². The Labute approximate surface area is 169 Å². The van der Waals surface area contributed by atoms with Crippen LogP contribution in [0.5, 0.6) is 5.75 Å². The molecule has 0 aliphatic carbocycles. The fourth-order valence-electron chi connectivity index (χ4n) is 4.13. The first kappa shape index (κ1) is 18.1. The van der Waals surface area contributed by atoms with Gasteiger partial charge in [0, 0.05) is 18.3 Å². The Morgan fingerprint density at radius 3 is 2.79 bits per heavy atom. The minimum absolute atomic E-state index is 0.0355. The predicted molar refractivity (Wildman–Crippen MR) is 111 cm³/mol. The lowest BCUT2D eigenvalue weighted by atomic mass is 9.96. The van der Waals surface area contributed by atoms with Gasteiger partial charge in [0.15, 0.2) is 0 Å². The largest absolute Gasteiger partial charge is 0.492 e. The lowest BCUT2D eigenvalue weighted by Crippen LogP contribution is -2.42. The topological polar surface area (TPSA) is 75.7 Å². The smallest absolute Gasteiger partial charge is 0.240 e. The molecule has 0 saturated carbocycles. The number of carbonyl (C=O) groups is 1. The number of carbonyl (C=O) groups excluding carboxylic acids is 1. The van der Waals surface area contributed by atoms with E-state index in [-0.39, 0.29) is 29.9 Å². The summed E-state index contributed by atoms with van der Waals surface area (Å²) < 4.78 is 34.6. The molecule has 29 heavy (non-hydrogen) atoms. The van der Waals surface area contributed by atoms with E-state index < -0.39 is 10.0 Å². The number of likely N-dealkylation sites (N-methyl/N-ethyl adjacent to an activating group) is 1. The molecule has 2 aliphatic rings. The number of rotatable bonds is 3. The number of nitrogens with one attached hydrogen (secondary N) is 1. The summed E-state index contributed by atoms with van der Waals surface area (Å²) in [7, 11) is -2.04. The van der Waals surface area contributed by atoms with Gasteiger partial charge >= 0.3 is 0 Å². The Morgan fingerprint density at radius 2 is 1.93 bits per heavy atom. The van der Waals surface area contributed by atoms with Gasteiger partial charge in [-0.05, 0) is 47.0 Å². The van der Waals surface area contributed by atoms with E-state index in [1.807, 2.05) is 36.4 Å². The van der Waals surface area contributed by atoms with Crippen LogP contribution in [0.2, 0.25) is 0 Å². The Hall–Kier alpha value is -2.90. The molecule has 1 unspecified atom stereocenters. The normalized spacial score (nSPS) is 18.4. The SMILES string of the molecule is CN1C(=O)Cc2cc(S(=O)(=O)NC3COc4ccc5ccccc5c4C3)ccc21. The molecule has 2 aliphatic heterocycles. The zero-order valence-electron chi connectivity index (χ0n) is 15.9. The van der Waals surface area contributed by atoms with E-state index in [2.05, 4.69) is 4.72 Å². The first-order chi connectivity index (χ1) is 13.9. The van der Waals surface area contributed by atoms with Crippen LogP contribution in [0.15, 0.2) is 59.5 Å². The summed E-state index contributed by atoms with van der Waals surface area (Å²) in [5, 5.41) is 2.18. The van der Waals surface area contributed by atoms with Crippen molar-refractivity contribution >= 4 is 32.4 Å². The molecule has 148 valence electrons. The van der Waals surface area contributed by atoms with Crippen molar-refractivity contribution in [1.29, 1.82) is 0 Å². The number of hydrogen-bond donors (Lipinski definition) is 1. The van der Waals surface area contributed by atoms with Crippen LogP contribution in [0, 0.1) is 0 Å². The summed E-state index contributed by atoms with van der Waals surface area (Å²) in [5.74, 6) is 0.768. The number of nitrogens with zero attached hydrogens (tertiary/aromatic N) is 1. The van der Waals surface area contributed by atoms with Gasteiger partial charge in [0.25, 0.3) is 0 Å². The van der Waals surface area contributed by atoms with Gasteiger partial charge in [-0.2, -0.15) is 0 Å². The van der Waals surface area contributed by atoms with Gasteiger partial charge in [-0.1, -0.05) is 30.3 Å². The second kappa shape index (κ2) is 6.57. The average Bonchev–Trinajstić information content (AvgIpc) is 3.01. The van der Waals surface area contributed by atoms with Crippen molar-refractivity contribution < 1.29 is 17.9 Å². The molecule has 1 atom stereocenters. The van der Waals surface area contributed by atoms with E-state index in [1.54, 1.807) is 30.1 Å². The molecule has 1 amide bonds. The number of ether oxygens (including phenoxy) is 1. The first-order valence-corrected chi connectivity index (χ1v) is 11.0. The van der Waals surface area contributed by atoms with E-state index >= 15 is 0 Å². The van der Waals surface area contributed by atoms with Crippen LogP contribution in [0.3, 0.4) is 0 Å². The number of anilines is 1. The standard InChI is InChI=1S/C22H20N2O4S/c1-24-20-8-7-17(10-15(20)11-22(24)25)29(26,27)23-16-12-19-18-5-3-2-4-14(18)6-9-21(19)28-13-16/h2-10,16,23H,11-13H2,1H3. The molecule has 0 radical (unpaired) electrons. The molecule has 7 heteroatoms. The highest BCUT2D eigenvalue weighted by molar-refractivity contribution is 7.89. The Bertz CT molecular complexity index is 1250. The highest BCUT2D eigenvalue weighted by atomic mass is 32.2. The summed E-state index contributed by atoms with van der Waals surface area (Å²) in [6, 6.07) is 16.4. The predicted octanol–water partition coefficient (Wildman–Crippen LogP) is 2.64. The van der Waals surface area contributed by atoms with Crippen LogP contribution in [0.25, 0.3) is 10.8 Å². The van der Waals surface area contributed by atoms with Gasteiger partial charge in [0.1, 0.15) is 12.4 Å². The molecule has 0 saturated heterocycles. The van der Waals surface area contributed by atoms with Gasteiger partial charge < -0.3 is 9.64 Å². The van der Waals surface area contributed by atoms with Gasteiger partial charge in [-0.3, -0.25) is 4.79 Å². The molecule has 5 rings (SSSR count). The Morgan fingerprint density at radius 1 is 1.10 bits per heavy atom. The maximum absolute atomic E-state index is 13.0. The van der Waals surface area contributed by atoms with Crippen molar-refractivity contribution in [3.63, 3.8) is 0 Å². The lowest BCUT2D eigenvalue weighted by molar-refractivity contribution is -0.117. The van der Waals surface area contributed by atoms with Crippen molar-refractivity contribution in [2.45, 2.75) is 23.8 Å². The fraction of sp³-hybridized carbons (Fsp3) is 0.227. The maximum Gasteiger partial charge on any atom is 0.240 e. The van der Waals surface area contributed by atoms with Crippen LogP contribution in [-0.4, -0.2) is 34.0 Å². The third-order valence-electron chi connectivity index (χ3n) is 5.65. The van der Waals surface area contributed by atoms with Crippen molar-refractivity contribution in [2.24, 2.45) is 0 Å². The van der Waals surface area contributed by atoms with Gasteiger partial charge in [-0.15, -0.1) is 0 Å². The van der Waals surface area contributed by atoms with Gasteiger partial charge in [0.2, 0.25) is 15.9 Å². The number of hydrogen-bond acceptors (Lipinski definition) is 4. The second-order valence-electron chi connectivity index (χ2n) is 7.52. The van der Waals surface area contributed by atoms with Gasteiger partial charge in [-0.25, -0.2) is 13.1 Å². The highest BCUT2D eigenvalue weighted by Gasteiger charge is 2.29. The zero-order chi connectivity index (χ0) is 20.2. The van der Waals surface area contributed by atoms with E-state index in [0.29, 0.717) is 6.42 Å². The minimum atomic E-state index is -3.73. The van der Waals surface area contributed by atoms with Crippen LogP contribution < -0.4 is 14.4 Å². The molecule has 0 aromatic heterocycles. The summed E-state index contributed by atoms with van der Waals surface area (Å²) in [4.78, 5) is 13.6. The molecule has 1 N–H and O–H groups in total. The summed E-state index contributed by atoms with van der Waals surface area (Å²) in [6.07, 6.45) is 0.781. The third-order valence-corrected chi connectivity index (χ3v) is 7.17. The number of amides is 1. The van der Waals surface area contributed by atoms with E-state index in [9.17, 15) is 13.2 Å². The molecule has 3 aromatic carbocycles. The van der Waals surface area contributed by atoms with Crippen molar-refractivity contribution in [2.75, 3.05) is 18.6 Å². The Balaban J connectivity index is 1.42. The van der Waals surface area contributed by atoms with Crippen molar-refractivity contribution in [3.05, 3.63) is 65.7 Å². The van der Waals surface area contributed by atoms with Crippen molar-refractivity contribution in [1.82, 2.24) is 4.72 Å². The average molecular weight is 408 g/mol. The quantitative estimate of drug-likeness (QED) is 0.723. The van der Waals surface area contributed by atoms with E-state index in [1.165, 1.54) is 0 Å². The fourth-order valence-corrected chi connectivity index (χ4v) is 5.41. The molecule has 3 aromatic rings. The summed E-state index contributed by atoms with van der Waals surface area (Å²) in [6.45, 7) is 0.275. The molecular weight excluding hydrogens is 388 g/mol. The van der Waals surface area contributed by atoms with Crippen LogP contribution >= 0.6 is 0 Å². The Kier molecular flexibility index (Phi) is 4.11. The van der Waals surface area contributed by atoms with E-state index in [0.717, 1.165) is 33.3 Å². The van der Waals surface area contributed by atoms with Crippen LogP contribution in [-0.2, 0) is 27.7 Å². The first-order valence-electron chi connectivity index (χ1n) is 9.47. The summed E-state index contributed by atoms with van der Waals surface area (Å²) in [5.41, 5.74) is 2.51. The molecule has 0 spiro atoms. The number of sulfonamides is 1. The molecule has 0 fully saturated rings. The van der Waals surface area contributed by atoms with Crippen molar-refractivity contribution in [3.8, 4) is 5.75 Å². The summed E-state index contributed by atoms with van der Waals surface area (Å²) >= 11 is 0. The number of benzene rings is 3. The lowest BCUT2D eigenvalue weighted by Gasteiger charge is -2.27. The molecular formula is C22H20N2O4S. The third kappa shape index (κ3) is 3.07. The molecule has 2 heterocycles. The van der Waals surface area contributed by atoms with Gasteiger partial charge in [0.05, 0.1) is 17.4 Å². The maximum atomic E-state index is 13.0.